The van der Waals surface area contributed by atoms with Crippen LogP contribution < -0.4 is 31.6 Å². The smallest absolute Gasteiger partial charge is 0.228 e. The summed E-state index contributed by atoms with van der Waals surface area (Å²) in [5.74, 6) is 0.373. The largest absolute Gasteiger partial charge is 1.00 e. The van der Waals surface area contributed by atoms with E-state index in [0.717, 1.165) is 36.2 Å². The normalized spacial score (nSPS) is 10.7. The van der Waals surface area contributed by atoms with E-state index in [9.17, 15) is 9.59 Å². The van der Waals surface area contributed by atoms with Crippen LogP contribution in [0.3, 0.4) is 0 Å². The molecule has 0 atom stereocenters. The Morgan fingerprint density at radius 3 is 2.17 bits per heavy atom. The third-order valence-corrected chi connectivity index (χ3v) is 7.85. The predicted molar refractivity (Wildman–Crippen MR) is 165 cm³/mol. The Hall–Kier alpha value is -2.51. The molecule has 2 aromatic carbocycles. The van der Waals surface area contributed by atoms with Crippen LogP contribution in [-0.2, 0) is 17.8 Å². The van der Waals surface area contributed by atoms with Crippen molar-refractivity contribution in [2.24, 2.45) is 0 Å². The van der Waals surface area contributed by atoms with Crippen LogP contribution in [0.25, 0.3) is 0 Å². The minimum Gasteiger partial charge on any atom is -1.00 e. The van der Waals surface area contributed by atoms with E-state index in [2.05, 4.69) is 28.4 Å². The van der Waals surface area contributed by atoms with Gasteiger partial charge in [0.05, 0.1) is 24.0 Å². The van der Waals surface area contributed by atoms with Gasteiger partial charge in [0.2, 0.25) is 11.4 Å². The fourth-order valence-corrected chi connectivity index (χ4v) is 5.58. The lowest BCUT2D eigenvalue weighted by molar-refractivity contribution is -0.683. The third-order valence-electron chi connectivity index (χ3n) is 7.17. The topological polar surface area (TPSA) is 59.3 Å². The summed E-state index contributed by atoms with van der Waals surface area (Å²) in [5, 5.41) is 5.06. The molecule has 3 aromatic rings. The highest BCUT2D eigenvalue weighted by molar-refractivity contribution is 7.07. The molecule has 0 aliphatic carbocycles. The second-order valence-electron chi connectivity index (χ2n) is 10.7. The summed E-state index contributed by atoms with van der Waals surface area (Å²) in [6.45, 7) is 5.12. The monoisotopic (exact) mass is 642 g/mol. The Bertz CT molecular complexity index is 1170. The van der Waals surface area contributed by atoms with Gasteiger partial charge in [-0.15, -0.1) is 0 Å². The SMILES string of the molecule is CCCCCCCCCCCCCCOc1c(CC(=O)Nc2cccc(C[n+]3ccsc3)c2)cccc1C(C)=O.[Br-]. The number of halogens is 1. The van der Waals surface area contributed by atoms with Crippen molar-refractivity contribution >= 4 is 28.7 Å². The van der Waals surface area contributed by atoms with Gasteiger partial charge in [-0.3, -0.25) is 9.59 Å². The molecule has 0 aliphatic heterocycles. The van der Waals surface area contributed by atoms with Crippen molar-refractivity contribution < 1.29 is 35.9 Å². The molecule has 3 rings (SSSR count). The number of benzene rings is 2. The maximum Gasteiger partial charge on any atom is 0.228 e. The van der Waals surface area contributed by atoms with Crippen molar-refractivity contribution in [3.05, 3.63) is 76.2 Å². The Morgan fingerprint density at radius 1 is 0.878 bits per heavy atom. The molecular formula is C34H47BrN2O3S. The first-order valence-electron chi connectivity index (χ1n) is 15.1. The lowest BCUT2D eigenvalue weighted by atomic mass is 10.0. The Kier molecular flexibility index (Phi) is 17.2. The molecule has 224 valence electrons. The molecule has 1 heterocycles. The summed E-state index contributed by atoms with van der Waals surface area (Å²) in [7, 11) is 0. The molecule has 41 heavy (non-hydrogen) atoms. The number of carbonyl (C=O) groups excluding carboxylic acids is 2. The molecule has 0 radical (unpaired) electrons. The summed E-state index contributed by atoms with van der Waals surface area (Å²) in [4.78, 5) is 25.3. The molecule has 0 unspecified atom stereocenters. The van der Waals surface area contributed by atoms with E-state index >= 15 is 0 Å². The van der Waals surface area contributed by atoms with Gasteiger partial charge in [0.15, 0.2) is 18.5 Å². The number of nitrogens with one attached hydrogen (secondary N) is 1. The summed E-state index contributed by atoms with van der Waals surface area (Å²) in [5.41, 5.74) is 5.23. The first-order chi connectivity index (χ1) is 19.6. The summed E-state index contributed by atoms with van der Waals surface area (Å²) in [6, 6.07) is 13.4. The molecule has 0 saturated carbocycles. The van der Waals surface area contributed by atoms with Gasteiger partial charge in [-0.25, -0.2) is 0 Å². The number of hydrogen-bond donors (Lipinski definition) is 1. The number of ketones is 1. The highest BCUT2D eigenvalue weighted by Crippen LogP contribution is 2.26. The van der Waals surface area contributed by atoms with Gasteiger partial charge in [0.25, 0.3) is 0 Å². The van der Waals surface area contributed by atoms with Crippen LogP contribution in [0.1, 0.15) is 112 Å². The van der Waals surface area contributed by atoms with Crippen molar-refractivity contribution in [1.29, 1.82) is 0 Å². The molecular weight excluding hydrogens is 596 g/mol. The molecule has 0 fully saturated rings. The fraction of sp³-hybridized carbons (Fsp3) is 0.500. The van der Waals surface area contributed by atoms with Gasteiger partial charge < -0.3 is 27.0 Å². The second kappa shape index (κ2) is 20.4. The molecule has 7 heteroatoms. The number of Topliss-reactive ketones (excluding diaryl/α,β-unsaturated/α-hetero) is 1. The molecule has 0 bridgehead atoms. The maximum absolute atomic E-state index is 13.0. The first kappa shape index (κ1) is 34.7. The van der Waals surface area contributed by atoms with E-state index in [4.69, 9.17) is 4.74 Å². The van der Waals surface area contributed by atoms with Crippen LogP contribution in [0.4, 0.5) is 5.69 Å². The van der Waals surface area contributed by atoms with E-state index in [1.165, 1.54) is 64.2 Å². The molecule has 0 aliphatic rings. The van der Waals surface area contributed by atoms with Gasteiger partial charge in [-0.05, 0) is 31.5 Å². The zero-order valence-electron chi connectivity index (χ0n) is 24.8. The number of ether oxygens (including phenoxy) is 1. The Morgan fingerprint density at radius 2 is 1.54 bits per heavy atom. The van der Waals surface area contributed by atoms with Crippen LogP contribution in [0.15, 0.2) is 59.6 Å². The van der Waals surface area contributed by atoms with E-state index in [1.54, 1.807) is 24.3 Å². The lowest BCUT2D eigenvalue weighted by Gasteiger charge is -2.15. The fourth-order valence-electron chi connectivity index (χ4n) is 4.98. The first-order valence-corrected chi connectivity index (χ1v) is 16.1. The van der Waals surface area contributed by atoms with Crippen LogP contribution in [0.2, 0.25) is 0 Å². The zero-order valence-corrected chi connectivity index (χ0v) is 27.2. The minimum atomic E-state index is -0.128. The number of rotatable bonds is 20. The highest BCUT2D eigenvalue weighted by Gasteiger charge is 2.16. The van der Waals surface area contributed by atoms with Gasteiger partial charge >= 0.3 is 0 Å². The summed E-state index contributed by atoms with van der Waals surface area (Å²) >= 11 is 1.65. The lowest BCUT2D eigenvalue weighted by Crippen LogP contribution is -3.00. The molecule has 5 nitrogen and oxygen atoms in total. The highest BCUT2D eigenvalue weighted by atomic mass is 79.9. The number of thiazole rings is 1. The Labute approximate surface area is 261 Å². The number of aromatic nitrogens is 1. The number of hydrogen-bond acceptors (Lipinski definition) is 4. The van der Waals surface area contributed by atoms with Gasteiger partial charge in [-0.1, -0.05) is 113 Å². The molecule has 0 spiro atoms. The number of amides is 1. The molecule has 1 amide bonds. The van der Waals surface area contributed by atoms with Gasteiger partial charge in [0.1, 0.15) is 5.75 Å². The summed E-state index contributed by atoms with van der Waals surface area (Å²) < 4.78 is 8.26. The number of unbranched alkanes of at least 4 members (excludes halogenated alkanes) is 11. The van der Waals surface area contributed by atoms with E-state index < -0.39 is 0 Å². The van der Waals surface area contributed by atoms with Crippen molar-refractivity contribution in [2.45, 2.75) is 104 Å². The number of carbonyl (C=O) groups is 2. The van der Waals surface area contributed by atoms with Crippen LogP contribution >= 0.6 is 11.3 Å². The van der Waals surface area contributed by atoms with Crippen LogP contribution in [0, 0.1) is 0 Å². The average Bonchev–Trinajstić information content (AvgIpc) is 3.45. The van der Waals surface area contributed by atoms with Crippen molar-refractivity contribution in [1.82, 2.24) is 0 Å². The van der Waals surface area contributed by atoms with Crippen LogP contribution in [-0.4, -0.2) is 18.3 Å². The van der Waals surface area contributed by atoms with E-state index in [0.29, 0.717) is 17.9 Å². The van der Waals surface area contributed by atoms with Crippen molar-refractivity contribution in [2.75, 3.05) is 11.9 Å². The predicted octanol–water partition coefficient (Wildman–Crippen LogP) is 5.55. The zero-order chi connectivity index (χ0) is 28.4. The Balaban J connectivity index is 0.00000588. The second-order valence-corrected chi connectivity index (χ2v) is 11.5. The molecule has 0 saturated heterocycles. The average molecular weight is 644 g/mol. The van der Waals surface area contributed by atoms with Crippen molar-refractivity contribution in [3.63, 3.8) is 0 Å². The van der Waals surface area contributed by atoms with E-state index in [1.807, 2.05) is 41.9 Å². The van der Waals surface area contributed by atoms with Gasteiger partial charge in [-0.2, -0.15) is 4.57 Å². The third kappa shape index (κ3) is 13.3. The summed E-state index contributed by atoms with van der Waals surface area (Å²) in [6.07, 6.45) is 17.6. The number of nitrogens with zero attached hydrogens (tertiary/aromatic N) is 1. The minimum absolute atomic E-state index is 0. The van der Waals surface area contributed by atoms with Gasteiger partial charge in [0, 0.05) is 16.8 Å². The number of anilines is 1. The maximum atomic E-state index is 13.0. The quantitative estimate of drug-likeness (QED) is 0.0999. The van der Waals surface area contributed by atoms with Crippen molar-refractivity contribution in [3.8, 4) is 5.75 Å². The molecule has 1 aromatic heterocycles. The number of para-hydroxylation sites is 1. The standard InChI is InChI=1S/C34H46N2O3S.BrH/c1-3-4-5-6-7-8-9-10-11-12-13-14-22-39-34-30(18-16-20-32(34)28(2)37)25-33(38)35-31-19-15-17-29(24-31)26-36-21-23-40-27-36;/h15-21,23-24,27H,3-14,22,25-26H2,1-2H3;1H. The van der Waals surface area contributed by atoms with E-state index in [-0.39, 0.29) is 35.1 Å². The van der Waals surface area contributed by atoms with Crippen LogP contribution in [0.5, 0.6) is 5.75 Å². The molecule has 1 N–H and O–H groups in total.